The van der Waals surface area contributed by atoms with Gasteiger partial charge in [0.1, 0.15) is 6.04 Å². The van der Waals surface area contributed by atoms with E-state index in [0.29, 0.717) is 19.4 Å². The van der Waals surface area contributed by atoms with Gasteiger partial charge in [-0.15, -0.1) is 0 Å². The number of benzene rings is 1. The Hall–Kier alpha value is -1.88. The number of nitrogens with two attached hydrogens (primary N) is 1. The molecule has 5 heteroatoms. The van der Waals surface area contributed by atoms with Crippen molar-refractivity contribution in [2.45, 2.75) is 51.1 Å². The monoisotopic (exact) mass is 302 g/mol. The van der Waals surface area contributed by atoms with Crippen LogP contribution in [0, 0.1) is 0 Å². The summed E-state index contributed by atoms with van der Waals surface area (Å²) >= 11 is 0. The van der Waals surface area contributed by atoms with Gasteiger partial charge in [-0.25, -0.2) is 4.79 Å². The number of rotatable bonds is 4. The summed E-state index contributed by atoms with van der Waals surface area (Å²) in [4.78, 5) is 26.6. The lowest BCUT2D eigenvalue weighted by molar-refractivity contribution is -0.146. The number of para-hydroxylation sites is 1. The fourth-order valence-electron chi connectivity index (χ4n) is 3.25. The van der Waals surface area contributed by atoms with E-state index in [-0.39, 0.29) is 11.9 Å². The number of hydrogen-bond acceptors (Lipinski definition) is 4. The lowest BCUT2D eigenvalue weighted by Crippen LogP contribution is -2.50. The number of ether oxygens (including phenoxy) is 1. The molecule has 2 atom stereocenters. The molecule has 0 aromatic heterocycles. The van der Waals surface area contributed by atoms with Gasteiger partial charge in [0.15, 0.2) is 0 Å². The van der Waals surface area contributed by atoms with Crippen molar-refractivity contribution < 1.29 is 14.3 Å². The van der Waals surface area contributed by atoms with Crippen LogP contribution in [0.4, 0.5) is 5.69 Å². The van der Waals surface area contributed by atoms with Gasteiger partial charge in [-0.05, 0) is 30.4 Å². The van der Waals surface area contributed by atoms with Crippen molar-refractivity contribution in [2.75, 3.05) is 11.5 Å². The van der Waals surface area contributed by atoms with Crippen LogP contribution in [0.15, 0.2) is 18.2 Å². The Kier molecular flexibility index (Phi) is 4.16. The normalized spacial score (nSPS) is 23.2. The molecule has 1 aromatic carbocycles. The molecule has 0 saturated carbocycles. The van der Waals surface area contributed by atoms with Crippen LogP contribution in [-0.4, -0.2) is 30.6 Å². The molecule has 0 spiro atoms. The van der Waals surface area contributed by atoms with Crippen molar-refractivity contribution in [1.82, 2.24) is 0 Å². The minimum atomic E-state index is -0.565. The Morgan fingerprint density at radius 3 is 2.95 bits per heavy atom. The standard InChI is InChI=1S/C17H22N2O3/c1-2-3-9-22-17(21)14-10-12-6-4-5-11-7-8-13(18)16(20)19(14)15(11)12/h4-6,13-14H,2-3,7-10,18H2,1H3/t13-,14-/m0/s1. The number of nitrogens with zero attached hydrogens (tertiary/aromatic N) is 1. The summed E-state index contributed by atoms with van der Waals surface area (Å²) in [7, 11) is 0. The van der Waals surface area contributed by atoms with Gasteiger partial charge in [-0.2, -0.15) is 0 Å². The van der Waals surface area contributed by atoms with E-state index in [1.807, 2.05) is 25.1 Å². The maximum absolute atomic E-state index is 12.6. The molecule has 2 heterocycles. The number of unbranched alkanes of at least 4 members (excludes halogenated alkanes) is 1. The zero-order chi connectivity index (χ0) is 15.7. The Morgan fingerprint density at radius 1 is 1.41 bits per heavy atom. The molecule has 0 unspecified atom stereocenters. The Balaban J connectivity index is 1.90. The summed E-state index contributed by atoms with van der Waals surface area (Å²) in [5, 5.41) is 0. The summed E-state index contributed by atoms with van der Waals surface area (Å²) in [6.07, 6.45) is 3.71. The van der Waals surface area contributed by atoms with E-state index in [9.17, 15) is 9.59 Å². The van der Waals surface area contributed by atoms with Gasteiger partial charge in [0, 0.05) is 6.42 Å². The zero-order valence-electron chi connectivity index (χ0n) is 12.9. The highest BCUT2D eigenvalue weighted by atomic mass is 16.5. The van der Waals surface area contributed by atoms with Crippen LogP contribution in [-0.2, 0) is 27.2 Å². The maximum Gasteiger partial charge on any atom is 0.329 e. The molecule has 0 fully saturated rings. The minimum Gasteiger partial charge on any atom is -0.464 e. The first-order valence-corrected chi connectivity index (χ1v) is 7.99. The van der Waals surface area contributed by atoms with Crippen molar-refractivity contribution in [3.8, 4) is 0 Å². The van der Waals surface area contributed by atoms with Gasteiger partial charge in [-0.3, -0.25) is 9.69 Å². The second kappa shape index (κ2) is 6.08. The third-order valence-electron chi connectivity index (χ3n) is 4.46. The Bertz CT molecular complexity index is 600. The first-order valence-electron chi connectivity index (χ1n) is 7.99. The fraction of sp³-hybridized carbons (Fsp3) is 0.529. The summed E-state index contributed by atoms with van der Waals surface area (Å²) in [6.45, 7) is 2.45. The number of carbonyl (C=O) groups is 2. The average molecular weight is 302 g/mol. The lowest BCUT2D eigenvalue weighted by Gasteiger charge is -2.25. The molecule has 3 rings (SSSR count). The average Bonchev–Trinajstić information content (AvgIpc) is 2.86. The highest BCUT2D eigenvalue weighted by Gasteiger charge is 2.43. The number of esters is 1. The third-order valence-corrected chi connectivity index (χ3v) is 4.46. The molecule has 0 radical (unpaired) electrons. The second-order valence-corrected chi connectivity index (χ2v) is 6.02. The molecule has 2 aliphatic rings. The highest BCUT2D eigenvalue weighted by Crippen LogP contribution is 2.38. The topological polar surface area (TPSA) is 72.6 Å². The molecule has 2 N–H and O–H groups in total. The van der Waals surface area contributed by atoms with Gasteiger partial charge < -0.3 is 10.5 Å². The van der Waals surface area contributed by atoms with Crippen LogP contribution < -0.4 is 10.6 Å². The van der Waals surface area contributed by atoms with E-state index in [0.717, 1.165) is 36.1 Å². The first kappa shape index (κ1) is 15.0. The van der Waals surface area contributed by atoms with Crippen molar-refractivity contribution >= 4 is 17.6 Å². The number of carbonyl (C=O) groups excluding carboxylic acids is 2. The quantitative estimate of drug-likeness (QED) is 0.677. The fourth-order valence-corrected chi connectivity index (χ4v) is 3.25. The van der Waals surface area contributed by atoms with Crippen LogP contribution in [0.2, 0.25) is 0 Å². The van der Waals surface area contributed by atoms with Gasteiger partial charge >= 0.3 is 5.97 Å². The summed E-state index contributed by atoms with van der Waals surface area (Å²) in [5.74, 6) is -0.487. The van der Waals surface area contributed by atoms with E-state index < -0.39 is 12.1 Å². The number of hydrogen-bond donors (Lipinski definition) is 1. The van der Waals surface area contributed by atoms with Crippen LogP contribution >= 0.6 is 0 Å². The minimum absolute atomic E-state index is 0.166. The van der Waals surface area contributed by atoms with Crippen molar-refractivity contribution in [1.29, 1.82) is 0 Å². The highest BCUT2D eigenvalue weighted by molar-refractivity contribution is 6.05. The molecule has 1 amide bonds. The Morgan fingerprint density at radius 2 is 2.18 bits per heavy atom. The van der Waals surface area contributed by atoms with Gasteiger partial charge in [0.2, 0.25) is 5.91 Å². The Labute approximate surface area is 130 Å². The largest absolute Gasteiger partial charge is 0.464 e. The molecule has 1 aromatic rings. The van der Waals surface area contributed by atoms with E-state index in [4.69, 9.17) is 10.5 Å². The van der Waals surface area contributed by atoms with E-state index >= 15 is 0 Å². The molecule has 0 bridgehead atoms. The van der Waals surface area contributed by atoms with Gasteiger partial charge in [0.05, 0.1) is 18.3 Å². The van der Waals surface area contributed by atoms with Crippen LogP contribution in [0.5, 0.6) is 0 Å². The van der Waals surface area contributed by atoms with Crippen LogP contribution in [0.1, 0.15) is 37.3 Å². The molecule has 2 aliphatic heterocycles. The molecule has 0 aliphatic carbocycles. The zero-order valence-corrected chi connectivity index (χ0v) is 12.9. The van der Waals surface area contributed by atoms with Crippen molar-refractivity contribution in [3.63, 3.8) is 0 Å². The summed E-state index contributed by atoms with van der Waals surface area (Å²) < 4.78 is 5.34. The van der Waals surface area contributed by atoms with Crippen LogP contribution in [0.3, 0.4) is 0 Å². The number of amides is 1. The molecule has 22 heavy (non-hydrogen) atoms. The molecule has 5 nitrogen and oxygen atoms in total. The number of aryl methyl sites for hydroxylation is 1. The summed E-state index contributed by atoms with van der Waals surface area (Å²) in [5.41, 5.74) is 9.01. The van der Waals surface area contributed by atoms with E-state index in [1.54, 1.807) is 4.90 Å². The molecular weight excluding hydrogens is 280 g/mol. The van der Waals surface area contributed by atoms with Crippen LogP contribution in [0.25, 0.3) is 0 Å². The SMILES string of the molecule is CCCCOC(=O)[C@@H]1Cc2cccc3c2N1C(=O)[C@@H](N)CC3. The lowest BCUT2D eigenvalue weighted by atomic mass is 10.0. The molecule has 118 valence electrons. The predicted octanol–water partition coefficient (Wildman–Crippen LogP) is 1.56. The molecule has 0 saturated heterocycles. The summed E-state index contributed by atoms with van der Waals surface area (Å²) in [6, 6.07) is 4.87. The third kappa shape index (κ3) is 2.50. The maximum atomic E-state index is 12.6. The van der Waals surface area contributed by atoms with E-state index in [1.165, 1.54) is 0 Å². The van der Waals surface area contributed by atoms with Crippen molar-refractivity contribution in [3.05, 3.63) is 29.3 Å². The van der Waals surface area contributed by atoms with Gasteiger partial charge in [-0.1, -0.05) is 31.5 Å². The van der Waals surface area contributed by atoms with E-state index in [2.05, 4.69) is 0 Å². The first-order chi connectivity index (χ1) is 10.6. The predicted molar refractivity (Wildman–Crippen MR) is 83.6 cm³/mol. The number of anilines is 1. The van der Waals surface area contributed by atoms with Gasteiger partial charge in [0.25, 0.3) is 0 Å². The molecular formula is C17H22N2O3. The van der Waals surface area contributed by atoms with Crippen molar-refractivity contribution in [2.24, 2.45) is 5.73 Å². The second-order valence-electron chi connectivity index (χ2n) is 6.02. The smallest absolute Gasteiger partial charge is 0.329 e.